The van der Waals surface area contributed by atoms with Gasteiger partial charge in [-0.25, -0.2) is 0 Å². The fraction of sp³-hybridized carbons (Fsp3) is 0.667. The van der Waals surface area contributed by atoms with Crippen LogP contribution in [0, 0.1) is 5.92 Å². The Hall–Kier alpha value is -1.10. The predicted octanol–water partition coefficient (Wildman–Crippen LogP) is 0.997. The van der Waals surface area contributed by atoms with Crippen molar-refractivity contribution in [2.75, 3.05) is 20.1 Å². The van der Waals surface area contributed by atoms with Gasteiger partial charge in [-0.05, 0) is 25.7 Å². The number of hydrogen-bond acceptors (Lipinski definition) is 3. The molecular weight excluding hydrogens is 234 g/mol. The van der Waals surface area contributed by atoms with Crippen LogP contribution in [0.2, 0.25) is 0 Å². The molecule has 0 atom stereocenters. The van der Waals surface area contributed by atoms with Gasteiger partial charge in [-0.2, -0.15) is 0 Å². The van der Waals surface area contributed by atoms with Crippen molar-refractivity contribution in [2.24, 2.45) is 5.92 Å². The van der Waals surface area contributed by atoms with Crippen molar-refractivity contribution in [1.29, 1.82) is 0 Å². The minimum atomic E-state index is 0.176. The number of carbonyl (C=O) groups is 1. The number of thiocarbonyl (C=S) groups is 1. The molecule has 2 rings (SSSR count). The number of carbonyl (C=O) groups excluding carboxylic acids is 1. The van der Waals surface area contributed by atoms with E-state index in [0.29, 0.717) is 6.54 Å². The zero-order valence-electron chi connectivity index (χ0n) is 10.2. The quantitative estimate of drug-likeness (QED) is 0.717. The van der Waals surface area contributed by atoms with Crippen molar-refractivity contribution in [1.82, 2.24) is 15.5 Å². The first-order valence-corrected chi connectivity index (χ1v) is 6.60. The lowest BCUT2D eigenvalue weighted by molar-refractivity contribution is -0.122. The number of likely N-dealkylation sites (tertiary alicyclic amines) is 1. The lowest BCUT2D eigenvalue weighted by Crippen LogP contribution is -2.32. The van der Waals surface area contributed by atoms with Crippen molar-refractivity contribution < 1.29 is 4.79 Å². The van der Waals surface area contributed by atoms with Crippen LogP contribution >= 0.6 is 12.2 Å². The minimum Gasteiger partial charge on any atom is -0.376 e. The Labute approximate surface area is 107 Å². The molecule has 1 saturated heterocycles. The maximum absolute atomic E-state index is 11.6. The molecule has 4 nitrogen and oxygen atoms in total. The summed E-state index contributed by atoms with van der Waals surface area (Å²) in [6.45, 7) is 1.64. The first-order valence-electron chi connectivity index (χ1n) is 6.13. The second kappa shape index (κ2) is 5.49. The van der Waals surface area contributed by atoms with Gasteiger partial charge in [-0.3, -0.25) is 4.79 Å². The van der Waals surface area contributed by atoms with Crippen molar-refractivity contribution in [3.63, 3.8) is 0 Å². The summed E-state index contributed by atoms with van der Waals surface area (Å²) in [5.41, 5.74) is 3.81. The van der Waals surface area contributed by atoms with E-state index in [4.69, 9.17) is 12.2 Å². The molecule has 0 aromatic carbocycles. The Morgan fingerprint density at radius 3 is 2.88 bits per heavy atom. The van der Waals surface area contributed by atoms with Gasteiger partial charge in [-0.1, -0.05) is 12.2 Å². The highest BCUT2D eigenvalue weighted by Crippen LogP contribution is 2.28. The maximum Gasteiger partial charge on any atom is 0.223 e. The minimum absolute atomic E-state index is 0.176. The third-order valence-corrected chi connectivity index (χ3v) is 3.45. The summed E-state index contributed by atoms with van der Waals surface area (Å²) in [6.07, 6.45) is 4.31. The molecule has 0 radical (unpaired) electrons. The Kier molecular flexibility index (Phi) is 3.99. The van der Waals surface area contributed by atoms with Gasteiger partial charge in [0, 0.05) is 25.2 Å². The van der Waals surface area contributed by atoms with E-state index >= 15 is 0 Å². The average Bonchev–Trinajstić information content (AvgIpc) is 3.08. The van der Waals surface area contributed by atoms with Gasteiger partial charge in [0.2, 0.25) is 5.91 Å². The molecule has 2 fully saturated rings. The van der Waals surface area contributed by atoms with E-state index < -0.39 is 0 Å². The molecule has 0 aromatic heterocycles. The summed E-state index contributed by atoms with van der Waals surface area (Å²) in [7, 11) is 2.08. The van der Waals surface area contributed by atoms with Gasteiger partial charge in [0.05, 0.1) is 17.7 Å². The van der Waals surface area contributed by atoms with Gasteiger partial charge in [0.15, 0.2) is 0 Å². The number of amides is 1. The van der Waals surface area contributed by atoms with Crippen LogP contribution in [-0.4, -0.2) is 36.4 Å². The first-order chi connectivity index (χ1) is 8.22. The van der Waals surface area contributed by atoms with Crippen LogP contribution in [0.15, 0.2) is 11.4 Å². The largest absolute Gasteiger partial charge is 0.376 e. The summed E-state index contributed by atoms with van der Waals surface area (Å²) in [4.78, 5) is 13.8. The SMILES string of the molecule is CN1CCC/C1=C(\CNC(=O)C1CC1)NC=S. The van der Waals surface area contributed by atoms with E-state index in [1.807, 2.05) is 0 Å². The molecule has 0 spiro atoms. The summed E-state index contributed by atoms with van der Waals surface area (Å²) >= 11 is 4.84. The zero-order valence-corrected chi connectivity index (χ0v) is 11.0. The number of allylic oxidation sites excluding steroid dienone is 1. The number of hydrogen-bond donors (Lipinski definition) is 2. The van der Waals surface area contributed by atoms with Crippen LogP contribution in [0.5, 0.6) is 0 Å². The topological polar surface area (TPSA) is 44.4 Å². The Morgan fingerprint density at radius 2 is 2.35 bits per heavy atom. The van der Waals surface area contributed by atoms with Crippen molar-refractivity contribution >= 4 is 23.6 Å². The van der Waals surface area contributed by atoms with E-state index in [2.05, 4.69) is 22.6 Å². The summed E-state index contributed by atoms with van der Waals surface area (Å²) < 4.78 is 0. The molecular formula is C12H19N3OS. The number of nitrogens with one attached hydrogen (secondary N) is 2. The molecule has 1 amide bonds. The van der Waals surface area contributed by atoms with Crippen molar-refractivity contribution in [2.45, 2.75) is 25.7 Å². The highest BCUT2D eigenvalue weighted by Gasteiger charge is 2.29. The van der Waals surface area contributed by atoms with Gasteiger partial charge in [0.25, 0.3) is 0 Å². The molecule has 0 bridgehead atoms. The molecule has 1 heterocycles. The third kappa shape index (κ3) is 3.19. The van der Waals surface area contributed by atoms with Crippen molar-refractivity contribution in [3.05, 3.63) is 11.4 Å². The van der Waals surface area contributed by atoms with Gasteiger partial charge < -0.3 is 15.5 Å². The van der Waals surface area contributed by atoms with Gasteiger partial charge in [-0.15, -0.1) is 0 Å². The summed E-state index contributed by atoms with van der Waals surface area (Å²) in [6, 6.07) is 0. The first kappa shape index (κ1) is 12.4. The Balaban J connectivity index is 1.96. The highest BCUT2D eigenvalue weighted by molar-refractivity contribution is 7.78. The molecule has 5 heteroatoms. The molecule has 17 heavy (non-hydrogen) atoms. The highest BCUT2D eigenvalue weighted by atomic mass is 32.1. The number of rotatable bonds is 5. The average molecular weight is 253 g/mol. The zero-order chi connectivity index (χ0) is 12.3. The second-order valence-corrected chi connectivity index (χ2v) is 4.94. The van der Waals surface area contributed by atoms with E-state index in [1.54, 1.807) is 0 Å². The standard InChI is InChI=1S/C12H19N3OS/c1-15-6-2-3-11(15)10(14-8-17)7-13-12(16)9-4-5-9/h8-9H,2-7H2,1H3,(H,13,16)(H,14,17)/b11-10-. The second-order valence-electron chi connectivity index (χ2n) is 4.70. The van der Waals surface area contributed by atoms with Crippen LogP contribution in [0.1, 0.15) is 25.7 Å². The molecule has 94 valence electrons. The fourth-order valence-electron chi connectivity index (χ4n) is 2.16. The van der Waals surface area contributed by atoms with E-state index in [1.165, 1.54) is 17.6 Å². The lowest BCUT2D eigenvalue weighted by atomic mass is 10.2. The van der Waals surface area contributed by atoms with E-state index in [0.717, 1.165) is 31.5 Å². The summed E-state index contributed by atoms with van der Waals surface area (Å²) in [5, 5.41) is 6.06. The molecule has 2 N–H and O–H groups in total. The van der Waals surface area contributed by atoms with Crippen LogP contribution in [0.25, 0.3) is 0 Å². The molecule has 1 saturated carbocycles. The fourth-order valence-corrected chi connectivity index (χ4v) is 2.31. The predicted molar refractivity (Wildman–Crippen MR) is 71.4 cm³/mol. The van der Waals surface area contributed by atoms with E-state index in [9.17, 15) is 4.79 Å². The maximum atomic E-state index is 11.6. The monoisotopic (exact) mass is 253 g/mol. The lowest BCUT2D eigenvalue weighted by Gasteiger charge is -2.18. The van der Waals surface area contributed by atoms with Crippen LogP contribution in [0.4, 0.5) is 0 Å². The van der Waals surface area contributed by atoms with Crippen LogP contribution in [-0.2, 0) is 4.79 Å². The third-order valence-electron chi connectivity index (χ3n) is 3.34. The van der Waals surface area contributed by atoms with E-state index in [-0.39, 0.29) is 11.8 Å². The van der Waals surface area contributed by atoms with Gasteiger partial charge in [0.1, 0.15) is 0 Å². The molecule has 0 unspecified atom stereocenters. The van der Waals surface area contributed by atoms with Gasteiger partial charge >= 0.3 is 0 Å². The molecule has 0 aromatic rings. The molecule has 1 aliphatic heterocycles. The Morgan fingerprint density at radius 1 is 1.59 bits per heavy atom. The molecule has 1 aliphatic carbocycles. The number of nitrogens with zero attached hydrogens (tertiary/aromatic N) is 1. The normalized spacial score (nSPS) is 22.3. The summed E-state index contributed by atoms with van der Waals surface area (Å²) in [5.74, 6) is 0.435. The molecule has 2 aliphatic rings. The smallest absolute Gasteiger partial charge is 0.223 e. The Bertz CT molecular complexity index is 350. The van der Waals surface area contributed by atoms with Crippen LogP contribution in [0.3, 0.4) is 0 Å². The van der Waals surface area contributed by atoms with Crippen LogP contribution < -0.4 is 10.6 Å². The van der Waals surface area contributed by atoms with Crippen molar-refractivity contribution in [3.8, 4) is 0 Å².